The fourth-order valence-electron chi connectivity index (χ4n) is 3.56. The van der Waals surface area contributed by atoms with Crippen LogP contribution in [0.4, 0.5) is 0 Å². The van der Waals surface area contributed by atoms with E-state index >= 15 is 0 Å². The van der Waals surface area contributed by atoms with Crippen LogP contribution < -0.4 is 0 Å². The molecule has 1 amide bonds. The number of carbonyl (C=O) groups is 1. The number of hydrogen-bond donors (Lipinski definition) is 0. The van der Waals surface area contributed by atoms with Crippen LogP contribution in [0, 0.1) is 12.8 Å². The molecule has 4 rings (SSSR count). The van der Waals surface area contributed by atoms with E-state index in [-0.39, 0.29) is 17.9 Å². The normalized spacial score (nSPS) is 27.4. The summed E-state index contributed by atoms with van der Waals surface area (Å²) >= 11 is 0. The predicted molar refractivity (Wildman–Crippen MR) is 79.0 cm³/mol. The first-order valence-corrected chi connectivity index (χ1v) is 7.85. The van der Waals surface area contributed by atoms with E-state index in [0.717, 1.165) is 37.3 Å². The van der Waals surface area contributed by atoms with E-state index in [1.807, 2.05) is 37.3 Å². The second-order valence-corrected chi connectivity index (χ2v) is 6.45. The van der Waals surface area contributed by atoms with Gasteiger partial charge in [0.2, 0.25) is 5.91 Å². The molecule has 2 aromatic rings. The maximum Gasteiger partial charge on any atom is 0.226 e. The Hall–Kier alpha value is -2.11. The number of aryl methyl sites for hydroxylation is 2. The summed E-state index contributed by atoms with van der Waals surface area (Å²) in [5, 5.41) is 8.31. The minimum Gasteiger partial charge on any atom is -0.361 e. The van der Waals surface area contributed by atoms with Crippen molar-refractivity contribution in [2.45, 2.75) is 38.1 Å². The summed E-state index contributed by atoms with van der Waals surface area (Å²) in [5.74, 6) is 1.50. The zero-order chi connectivity index (χ0) is 15.3. The number of rotatable bonds is 3. The number of hydrogen-bond acceptors (Lipinski definition) is 4. The second-order valence-electron chi connectivity index (χ2n) is 6.45. The minimum atomic E-state index is 0.0834. The topological polar surface area (TPSA) is 64.2 Å². The summed E-state index contributed by atoms with van der Waals surface area (Å²) in [4.78, 5) is 14.8. The molecule has 3 atom stereocenters. The maximum atomic E-state index is 12.8. The standard InChI is InChI=1S/C16H20N4O2/c1-10-6-14(18-22-10)15-4-3-5-20(15)16(21)13-7-12(13)11-8-17-19(2)9-11/h6,8-9,12-13,15H,3-5,7H2,1-2H3/t12-,13-,15+/m1/s1. The highest BCUT2D eigenvalue weighted by Crippen LogP contribution is 2.50. The van der Waals surface area contributed by atoms with E-state index in [0.29, 0.717) is 5.92 Å². The number of amides is 1. The fraction of sp³-hybridized carbons (Fsp3) is 0.562. The molecular formula is C16H20N4O2. The van der Waals surface area contributed by atoms with E-state index in [1.54, 1.807) is 4.68 Å². The Morgan fingerprint density at radius 3 is 3.00 bits per heavy atom. The fourth-order valence-corrected chi connectivity index (χ4v) is 3.56. The second kappa shape index (κ2) is 4.97. The van der Waals surface area contributed by atoms with Crippen molar-refractivity contribution in [1.29, 1.82) is 0 Å². The summed E-state index contributed by atoms with van der Waals surface area (Å²) in [6.45, 7) is 2.71. The molecule has 1 aliphatic carbocycles. The van der Waals surface area contributed by atoms with Crippen LogP contribution in [0.25, 0.3) is 0 Å². The average molecular weight is 300 g/mol. The van der Waals surface area contributed by atoms with Gasteiger partial charge in [0.25, 0.3) is 0 Å². The van der Waals surface area contributed by atoms with Crippen LogP contribution in [-0.4, -0.2) is 32.3 Å². The third-order valence-electron chi connectivity index (χ3n) is 4.78. The van der Waals surface area contributed by atoms with Crippen LogP contribution in [0.1, 0.15) is 48.2 Å². The highest BCUT2D eigenvalue weighted by atomic mass is 16.5. The van der Waals surface area contributed by atoms with Gasteiger partial charge >= 0.3 is 0 Å². The van der Waals surface area contributed by atoms with Gasteiger partial charge in [-0.05, 0) is 37.7 Å². The Balaban J connectivity index is 1.48. The molecule has 1 aliphatic heterocycles. The largest absolute Gasteiger partial charge is 0.361 e. The van der Waals surface area contributed by atoms with Crippen molar-refractivity contribution in [2.24, 2.45) is 13.0 Å². The van der Waals surface area contributed by atoms with Gasteiger partial charge in [-0.2, -0.15) is 5.10 Å². The Kier molecular flexibility index (Phi) is 3.06. The molecule has 2 fully saturated rings. The zero-order valence-electron chi connectivity index (χ0n) is 12.9. The molecule has 3 heterocycles. The third-order valence-corrected chi connectivity index (χ3v) is 4.78. The SMILES string of the molecule is Cc1cc([C@@H]2CCCN2C(=O)[C@@H]2C[C@@H]2c2cnn(C)c2)no1. The summed E-state index contributed by atoms with van der Waals surface area (Å²) in [5.41, 5.74) is 2.07. The Morgan fingerprint density at radius 1 is 1.45 bits per heavy atom. The molecule has 2 aliphatic rings. The summed E-state index contributed by atoms with van der Waals surface area (Å²) < 4.78 is 6.97. The van der Waals surface area contributed by atoms with Crippen molar-refractivity contribution in [2.75, 3.05) is 6.54 Å². The van der Waals surface area contributed by atoms with Gasteiger partial charge in [0.05, 0.1) is 12.2 Å². The van der Waals surface area contributed by atoms with Gasteiger partial charge in [-0.15, -0.1) is 0 Å². The first-order chi connectivity index (χ1) is 10.6. The van der Waals surface area contributed by atoms with Gasteiger partial charge in [0, 0.05) is 31.8 Å². The summed E-state index contributed by atoms with van der Waals surface area (Å²) in [6, 6.07) is 2.03. The summed E-state index contributed by atoms with van der Waals surface area (Å²) in [6.07, 6.45) is 6.83. The van der Waals surface area contributed by atoms with Crippen LogP contribution in [0.2, 0.25) is 0 Å². The van der Waals surface area contributed by atoms with E-state index in [4.69, 9.17) is 4.52 Å². The highest BCUT2D eigenvalue weighted by molar-refractivity contribution is 5.83. The first kappa shape index (κ1) is 13.5. The monoisotopic (exact) mass is 300 g/mol. The lowest BCUT2D eigenvalue weighted by Crippen LogP contribution is -2.32. The number of carbonyl (C=O) groups excluding carboxylic acids is 1. The van der Waals surface area contributed by atoms with Crippen LogP contribution in [0.3, 0.4) is 0 Å². The lowest BCUT2D eigenvalue weighted by Gasteiger charge is -2.23. The van der Waals surface area contributed by atoms with Crippen molar-refractivity contribution in [3.05, 3.63) is 35.5 Å². The molecule has 0 aromatic carbocycles. The third kappa shape index (κ3) is 2.23. The van der Waals surface area contributed by atoms with Gasteiger partial charge in [0.15, 0.2) is 0 Å². The highest BCUT2D eigenvalue weighted by Gasteiger charge is 2.48. The van der Waals surface area contributed by atoms with Crippen molar-refractivity contribution in [3.63, 3.8) is 0 Å². The van der Waals surface area contributed by atoms with Crippen molar-refractivity contribution in [3.8, 4) is 0 Å². The maximum absolute atomic E-state index is 12.8. The molecule has 0 unspecified atom stereocenters. The molecule has 0 radical (unpaired) electrons. The van der Waals surface area contributed by atoms with Crippen molar-refractivity contribution in [1.82, 2.24) is 19.8 Å². The Bertz CT molecular complexity index is 705. The van der Waals surface area contributed by atoms with Gasteiger partial charge in [-0.1, -0.05) is 5.16 Å². The number of nitrogens with zero attached hydrogens (tertiary/aromatic N) is 4. The quantitative estimate of drug-likeness (QED) is 0.871. The molecule has 2 aromatic heterocycles. The average Bonchev–Trinajstić information content (AvgIpc) is 2.85. The first-order valence-electron chi connectivity index (χ1n) is 7.85. The molecule has 0 spiro atoms. The van der Waals surface area contributed by atoms with Crippen LogP contribution in [-0.2, 0) is 11.8 Å². The molecule has 0 N–H and O–H groups in total. The van der Waals surface area contributed by atoms with E-state index < -0.39 is 0 Å². The van der Waals surface area contributed by atoms with E-state index in [9.17, 15) is 4.79 Å². The van der Waals surface area contributed by atoms with Crippen LogP contribution >= 0.6 is 0 Å². The van der Waals surface area contributed by atoms with Crippen molar-refractivity contribution >= 4 is 5.91 Å². The van der Waals surface area contributed by atoms with Gasteiger partial charge in [0.1, 0.15) is 11.5 Å². The molecule has 22 heavy (non-hydrogen) atoms. The van der Waals surface area contributed by atoms with Crippen LogP contribution in [0.5, 0.6) is 0 Å². The molecule has 6 heteroatoms. The Labute approximate surface area is 129 Å². The van der Waals surface area contributed by atoms with E-state index in [2.05, 4.69) is 10.3 Å². The molecule has 116 valence electrons. The lowest BCUT2D eigenvalue weighted by atomic mass is 10.1. The molecule has 0 bridgehead atoms. The van der Waals surface area contributed by atoms with Gasteiger partial charge in [-0.25, -0.2) is 0 Å². The molecule has 6 nitrogen and oxygen atoms in total. The van der Waals surface area contributed by atoms with Gasteiger partial charge < -0.3 is 9.42 Å². The zero-order valence-corrected chi connectivity index (χ0v) is 12.9. The molecular weight excluding hydrogens is 280 g/mol. The van der Waals surface area contributed by atoms with Gasteiger partial charge in [-0.3, -0.25) is 9.48 Å². The lowest BCUT2D eigenvalue weighted by molar-refractivity contribution is -0.133. The molecule has 1 saturated carbocycles. The van der Waals surface area contributed by atoms with Crippen LogP contribution in [0.15, 0.2) is 23.0 Å². The smallest absolute Gasteiger partial charge is 0.226 e. The predicted octanol–water partition coefficient (Wildman–Crippen LogP) is 2.18. The summed E-state index contributed by atoms with van der Waals surface area (Å²) in [7, 11) is 1.91. The molecule has 1 saturated heterocycles. The number of likely N-dealkylation sites (tertiary alicyclic amines) is 1. The van der Waals surface area contributed by atoms with Crippen molar-refractivity contribution < 1.29 is 9.32 Å². The van der Waals surface area contributed by atoms with E-state index in [1.165, 1.54) is 5.56 Å². The minimum absolute atomic E-state index is 0.0834. The Morgan fingerprint density at radius 2 is 2.32 bits per heavy atom. The number of aromatic nitrogens is 3.